The van der Waals surface area contributed by atoms with Gasteiger partial charge in [0.25, 0.3) is 0 Å². The molecule has 0 bridgehead atoms. The summed E-state index contributed by atoms with van der Waals surface area (Å²) in [6, 6.07) is 11.5. The number of aryl methyl sites for hydroxylation is 3. The number of hydrogen-bond donors (Lipinski definition) is 3. The maximum Gasteiger partial charge on any atom is 0.227 e. The summed E-state index contributed by atoms with van der Waals surface area (Å²) < 4.78 is 0. The van der Waals surface area contributed by atoms with Crippen molar-refractivity contribution in [1.29, 1.82) is 0 Å². The van der Waals surface area contributed by atoms with Gasteiger partial charge in [-0.1, -0.05) is 12.1 Å². The lowest BCUT2D eigenvalue weighted by atomic mass is 10.1. The van der Waals surface area contributed by atoms with Gasteiger partial charge in [0.15, 0.2) is 5.96 Å². The molecule has 4 N–H and O–H groups in total. The molecule has 0 atom stereocenters. The molecule has 0 unspecified atom stereocenters. The van der Waals surface area contributed by atoms with E-state index in [1.807, 2.05) is 44.2 Å². The third kappa shape index (κ3) is 7.08. The van der Waals surface area contributed by atoms with E-state index in [4.69, 9.17) is 5.73 Å². The molecule has 25 heavy (non-hydrogen) atoms. The van der Waals surface area contributed by atoms with Gasteiger partial charge in [-0.3, -0.25) is 9.79 Å². The zero-order chi connectivity index (χ0) is 17.5. The Kier molecular flexibility index (Phi) is 8.33. The van der Waals surface area contributed by atoms with E-state index in [0.29, 0.717) is 18.3 Å². The number of amides is 1. The molecule has 1 amide bonds. The van der Waals surface area contributed by atoms with Crippen molar-refractivity contribution in [2.45, 2.75) is 27.2 Å². The molecule has 0 saturated carbocycles. The second-order valence-corrected chi connectivity index (χ2v) is 5.65. The van der Waals surface area contributed by atoms with Crippen LogP contribution in [0.15, 0.2) is 41.4 Å². The average molecular weight is 453 g/mol. The van der Waals surface area contributed by atoms with Crippen LogP contribution in [-0.2, 0) is 4.79 Å². The van der Waals surface area contributed by atoms with E-state index < -0.39 is 0 Å². The zero-order valence-electron chi connectivity index (χ0n) is 14.7. The van der Waals surface area contributed by atoms with Crippen LogP contribution in [0, 0.1) is 20.8 Å². The second-order valence-electron chi connectivity index (χ2n) is 5.65. The first kappa shape index (κ1) is 20.9. The van der Waals surface area contributed by atoms with Crippen molar-refractivity contribution in [1.82, 2.24) is 4.98 Å². The van der Waals surface area contributed by atoms with Gasteiger partial charge in [0, 0.05) is 17.8 Å². The molecule has 0 aliphatic heterocycles. The van der Waals surface area contributed by atoms with Crippen LogP contribution in [0.3, 0.4) is 0 Å². The number of benzene rings is 1. The lowest BCUT2D eigenvalue weighted by molar-refractivity contribution is -0.116. The van der Waals surface area contributed by atoms with E-state index >= 15 is 0 Å². The molecule has 6 nitrogen and oxygen atoms in total. The summed E-state index contributed by atoms with van der Waals surface area (Å²) in [5.74, 6) is 0.695. The number of nitrogens with one attached hydrogen (secondary N) is 2. The van der Waals surface area contributed by atoms with E-state index in [1.54, 1.807) is 6.07 Å². The maximum atomic E-state index is 11.9. The molecule has 0 aliphatic carbocycles. The van der Waals surface area contributed by atoms with Gasteiger partial charge in [-0.05, 0) is 56.2 Å². The van der Waals surface area contributed by atoms with Crippen LogP contribution in [-0.4, -0.2) is 23.4 Å². The lowest BCUT2D eigenvalue weighted by Gasteiger charge is -2.08. The quantitative estimate of drug-likeness (QED) is 0.368. The number of rotatable bonds is 5. The van der Waals surface area contributed by atoms with Crippen molar-refractivity contribution in [3.8, 4) is 0 Å². The zero-order valence-corrected chi connectivity index (χ0v) is 17.0. The molecule has 2 aromatic rings. The lowest BCUT2D eigenvalue weighted by Crippen LogP contribution is -2.23. The molecule has 1 aromatic carbocycles. The fraction of sp³-hybridized carbons (Fsp3) is 0.278. The summed E-state index contributed by atoms with van der Waals surface area (Å²) in [7, 11) is 0. The average Bonchev–Trinajstić information content (AvgIpc) is 2.51. The number of halogens is 1. The van der Waals surface area contributed by atoms with E-state index in [1.165, 1.54) is 11.1 Å². The number of aromatic nitrogens is 1. The number of nitrogens with two attached hydrogens (primary N) is 1. The Balaban J connectivity index is 0.00000312. The molecule has 2 rings (SSSR count). The maximum absolute atomic E-state index is 11.9. The van der Waals surface area contributed by atoms with E-state index in [-0.39, 0.29) is 36.3 Å². The van der Waals surface area contributed by atoms with E-state index in [0.717, 1.165) is 11.4 Å². The first-order valence-corrected chi connectivity index (χ1v) is 7.82. The monoisotopic (exact) mass is 453 g/mol. The number of nitrogens with zero attached hydrogens (tertiary/aromatic N) is 2. The summed E-state index contributed by atoms with van der Waals surface area (Å²) in [4.78, 5) is 20.3. The minimum Gasteiger partial charge on any atom is -0.370 e. The molecule has 0 radical (unpaired) electrons. The molecule has 0 spiro atoms. The minimum absolute atomic E-state index is 0. The van der Waals surface area contributed by atoms with Crippen LogP contribution >= 0.6 is 24.0 Å². The highest BCUT2D eigenvalue weighted by Crippen LogP contribution is 2.13. The smallest absolute Gasteiger partial charge is 0.227 e. The van der Waals surface area contributed by atoms with Crippen molar-refractivity contribution in [2.75, 3.05) is 17.2 Å². The van der Waals surface area contributed by atoms with Gasteiger partial charge < -0.3 is 16.4 Å². The molecule has 0 fully saturated rings. The summed E-state index contributed by atoms with van der Waals surface area (Å²) >= 11 is 0. The number of pyridine rings is 1. The Morgan fingerprint density at radius 3 is 2.56 bits per heavy atom. The van der Waals surface area contributed by atoms with E-state index in [9.17, 15) is 4.79 Å². The number of anilines is 2. The number of aliphatic imine (C=N–C) groups is 1. The van der Waals surface area contributed by atoms with Crippen LogP contribution in [0.4, 0.5) is 11.5 Å². The molecule has 1 heterocycles. The predicted molar refractivity (Wildman–Crippen MR) is 114 cm³/mol. The Hall–Kier alpha value is -2.16. The summed E-state index contributed by atoms with van der Waals surface area (Å²) in [6.45, 7) is 6.27. The molecule has 0 saturated heterocycles. The minimum atomic E-state index is -0.143. The molecular formula is C18H24IN5O. The fourth-order valence-electron chi connectivity index (χ4n) is 2.10. The second kappa shape index (κ2) is 9.97. The van der Waals surface area contributed by atoms with Gasteiger partial charge in [-0.2, -0.15) is 0 Å². The standard InChI is InChI=1S/C18H23N5O.HI/c1-12-7-8-15(11-13(12)2)22-18(19)20-10-9-17(24)23-16-6-4-5-14(3)21-16;/h4-8,11H,9-10H2,1-3H3,(H3,19,20,22)(H,21,23,24);1H. The number of carbonyl (C=O) groups is 1. The van der Waals surface area contributed by atoms with Crippen LogP contribution < -0.4 is 16.4 Å². The van der Waals surface area contributed by atoms with Crippen molar-refractivity contribution in [3.63, 3.8) is 0 Å². The van der Waals surface area contributed by atoms with Gasteiger partial charge >= 0.3 is 0 Å². The third-order valence-corrected chi connectivity index (χ3v) is 3.56. The van der Waals surface area contributed by atoms with Crippen LogP contribution in [0.2, 0.25) is 0 Å². The summed E-state index contributed by atoms with van der Waals surface area (Å²) in [5, 5.41) is 5.76. The predicted octanol–water partition coefficient (Wildman–Crippen LogP) is 3.38. The molecule has 134 valence electrons. The van der Waals surface area contributed by atoms with Crippen LogP contribution in [0.25, 0.3) is 0 Å². The first-order valence-electron chi connectivity index (χ1n) is 7.82. The normalized spacial score (nSPS) is 10.8. The van der Waals surface area contributed by atoms with Gasteiger partial charge in [-0.25, -0.2) is 4.98 Å². The highest BCUT2D eigenvalue weighted by molar-refractivity contribution is 14.0. The van der Waals surface area contributed by atoms with Gasteiger partial charge in [0.2, 0.25) is 5.91 Å². The van der Waals surface area contributed by atoms with Crippen molar-refractivity contribution in [2.24, 2.45) is 10.7 Å². The Morgan fingerprint density at radius 1 is 1.12 bits per heavy atom. The fourth-order valence-corrected chi connectivity index (χ4v) is 2.10. The number of hydrogen-bond acceptors (Lipinski definition) is 3. The van der Waals surface area contributed by atoms with Gasteiger partial charge in [0.05, 0.1) is 6.54 Å². The van der Waals surface area contributed by atoms with Crippen molar-refractivity contribution in [3.05, 3.63) is 53.2 Å². The SMILES string of the molecule is Cc1cccc(NC(=O)CCN=C(N)Nc2ccc(C)c(C)c2)n1.I. The molecule has 0 aliphatic rings. The summed E-state index contributed by atoms with van der Waals surface area (Å²) in [6.07, 6.45) is 0.241. The van der Waals surface area contributed by atoms with E-state index in [2.05, 4.69) is 27.5 Å². The topological polar surface area (TPSA) is 92.4 Å². The third-order valence-electron chi connectivity index (χ3n) is 3.56. The van der Waals surface area contributed by atoms with Crippen LogP contribution in [0.5, 0.6) is 0 Å². The Morgan fingerprint density at radius 2 is 1.88 bits per heavy atom. The van der Waals surface area contributed by atoms with Crippen molar-refractivity contribution >= 4 is 47.3 Å². The highest BCUT2D eigenvalue weighted by atomic mass is 127. The first-order chi connectivity index (χ1) is 11.4. The Bertz CT molecular complexity index is 761. The molecular weight excluding hydrogens is 429 g/mol. The largest absolute Gasteiger partial charge is 0.370 e. The van der Waals surface area contributed by atoms with Gasteiger partial charge in [-0.15, -0.1) is 24.0 Å². The number of guanidine groups is 1. The van der Waals surface area contributed by atoms with Crippen molar-refractivity contribution < 1.29 is 4.79 Å². The number of carbonyl (C=O) groups excluding carboxylic acids is 1. The summed E-state index contributed by atoms with van der Waals surface area (Å²) in [5.41, 5.74) is 9.98. The molecule has 7 heteroatoms. The Labute approximate surface area is 165 Å². The highest BCUT2D eigenvalue weighted by Gasteiger charge is 2.03. The van der Waals surface area contributed by atoms with Crippen LogP contribution in [0.1, 0.15) is 23.2 Å². The molecule has 1 aromatic heterocycles. The van der Waals surface area contributed by atoms with Gasteiger partial charge in [0.1, 0.15) is 5.82 Å².